The first-order valence-corrected chi connectivity index (χ1v) is 6.74. The number of rotatable bonds is 3. The largest absolute Gasteiger partial charge is 0.445 e. The zero-order chi connectivity index (χ0) is 17.3. The van der Waals surface area contributed by atoms with Gasteiger partial charge >= 0.3 is 12.4 Å². The molecule has 0 saturated heterocycles. The standard InChI is InChI=1S/C12H7F6N3OS/c13-11(14,15)7-3-1-6(2-4-7)5-8(22)19-10-21-20-9(23-10)12(16,17)18/h1-4H,5H2,(H,19,21,22). The molecule has 1 heterocycles. The van der Waals surface area contributed by atoms with E-state index in [1.165, 1.54) is 0 Å². The molecule has 124 valence electrons. The minimum Gasteiger partial charge on any atom is -0.300 e. The van der Waals surface area contributed by atoms with Crippen molar-refractivity contribution in [2.75, 3.05) is 5.32 Å². The second-order valence-electron chi connectivity index (χ2n) is 4.33. The molecule has 0 aliphatic rings. The second kappa shape index (κ2) is 6.14. The van der Waals surface area contributed by atoms with Crippen molar-refractivity contribution in [3.63, 3.8) is 0 Å². The number of alkyl halides is 6. The van der Waals surface area contributed by atoms with E-state index in [2.05, 4.69) is 15.5 Å². The van der Waals surface area contributed by atoms with Crippen molar-refractivity contribution in [3.05, 3.63) is 40.4 Å². The van der Waals surface area contributed by atoms with Crippen LogP contribution in [-0.4, -0.2) is 16.1 Å². The van der Waals surface area contributed by atoms with Gasteiger partial charge in [-0.3, -0.25) is 4.79 Å². The summed E-state index contributed by atoms with van der Waals surface area (Å²) in [5.41, 5.74) is -0.586. The van der Waals surface area contributed by atoms with E-state index in [-0.39, 0.29) is 28.5 Å². The zero-order valence-corrected chi connectivity index (χ0v) is 11.8. The first-order valence-electron chi connectivity index (χ1n) is 5.92. The third-order valence-corrected chi connectivity index (χ3v) is 3.44. The van der Waals surface area contributed by atoms with Crippen molar-refractivity contribution in [1.82, 2.24) is 10.2 Å². The summed E-state index contributed by atoms with van der Waals surface area (Å²) in [5, 5.41) is 6.64. The van der Waals surface area contributed by atoms with Crippen molar-refractivity contribution in [1.29, 1.82) is 0 Å². The molecule has 0 aliphatic carbocycles. The van der Waals surface area contributed by atoms with Gasteiger partial charge in [-0.2, -0.15) is 26.3 Å². The third kappa shape index (κ3) is 4.65. The monoisotopic (exact) mass is 355 g/mol. The van der Waals surface area contributed by atoms with E-state index in [9.17, 15) is 31.1 Å². The molecule has 0 atom stereocenters. The lowest BCUT2D eigenvalue weighted by molar-refractivity contribution is -0.138. The summed E-state index contributed by atoms with van der Waals surface area (Å²) in [7, 11) is 0. The maximum absolute atomic E-state index is 12.4. The summed E-state index contributed by atoms with van der Waals surface area (Å²) in [6, 6.07) is 3.86. The molecular weight excluding hydrogens is 348 g/mol. The summed E-state index contributed by atoms with van der Waals surface area (Å²) in [4.78, 5) is 11.6. The number of hydrogen-bond donors (Lipinski definition) is 1. The van der Waals surface area contributed by atoms with Gasteiger partial charge in [0.1, 0.15) is 0 Å². The van der Waals surface area contributed by atoms with Gasteiger partial charge in [0.05, 0.1) is 12.0 Å². The summed E-state index contributed by atoms with van der Waals surface area (Å²) >= 11 is 0.157. The molecule has 1 N–H and O–H groups in total. The Morgan fingerprint density at radius 3 is 2.09 bits per heavy atom. The van der Waals surface area contributed by atoms with Gasteiger partial charge in [-0.15, -0.1) is 10.2 Å². The Balaban J connectivity index is 1.98. The number of hydrogen-bond acceptors (Lipinski definition) is 4. The molecule has 0 spiro atoms. The predicted octanol–water partition coefficient (Wildman–Crippen LogP) is 3.76. The molecule has 4 nitrogen and oxygen atoms in total. The van der Waals surface area contributed by atoms with E-state index in [0.29, 0.717) is 0 Å². The summed E-state index contributed by atoms with van der Waals surface area (Å²) in [6.07, 6.45) is -9.45. The topological polar surface area (TPSA) is 54.9 Å². The number of benzene rings is 1. The highest BCUT2D eigenvalue weighted by Gasteiger charge is 2.35. The molecular formula is C12H7F6N3OS. The fraction of sp³-hybridized carbons (Fsp3) is 0.250. The Morgan fingerprint density at radius 2 is 1.61 bits per heavy atom. The summed E-state index contributed by atoms with van der Waals surface area (Å²) in [5.74, 6) is -0.713. The lowest BCUT2D eigenvalue weighted by Gasteiger charge is -2.07. The van der Waals surface area contributed by atoms with Crippen LogP contribution in [0.5, 0.6) is 0 Å². The quantitative estimate of drug-likeness (QED) is 0.853. The van der Waals surface area contributed by atoms with Gasteiger partial charge in [0.2, 0.25) is 16.0 Å². The zero-order valence-electron chi connectivity index (χ0n) is 11.0. The number of carbonyl (C=O) groups excluding carboxylic acids is 1. The second-order valence-corrected chi connectivity index (χ2v) is 5.31. The van der Waals surface area contributed by atoms with Crippen LogP contribution in [0, 0.1) is 0 Å². The molecule has 11 heteroatoms. The van der Waals surface area contributed by atoms with Crippen LogP contribution < -0.4 is 5.32 Å². The van der Waals surface area contributed by atoms with Gasteiger partial charge in [-0.1, -0.05) is 23.5 Å². The average Bonchev–Trinajstić information content (AvgIpc) is 2.86. The lowest BCUT2D eigenvalue weighted by atomic mass is 10.1. The van der Waals surface area contributed by atoms with E-state index in [1.807, 2.05) is 0 Å². The van der Waals surface area contributed by atoms with Gasteiger partial charge in [0.15, 0.2) is 0 Å². The molecule has 0 saturated carbocycles. The molecule has 1 amide bonds. The number of halogens is 6. The first-order chi connectivity index (χ1) is 10.6. The van der Waals surface area contributed by atoms with Gasteiger partial charge < -0.3 is 5.32 Å². The normalized spacial score (nSPS) is 12.3. The minimum absolute atomic E-state index is 0.157. The highest BCUT2D eigenvalue weighted by molar-refractivity contribution is 7.15. The summed E-state index contributed by atoms with van der Waals surface area (Å²) in [6.45, 7) is 0. The number of amides is 1. The molecule has 0 radical (unpaired) electrons. The number of nitrogens with one attached hydrogen (secondary N) is 1. The Labute approximate surface area is 129 Å². The fourth-order valence-corrected chi connectivity index (χ4v) is 2.18. The number of aromatic nitrogens is 2. The fourth-order valence-electron chi connectivity index (χ4n) is 1.55. The van der Waals surface area contributed by atoms with Gasteiger partial charge in [-0.25, -0.2) is 0 Å². The molecule has 0 bridgehead atoms. The Morgan fingerprint density at radius 1 is 1.00 bits per heavy atom. The molecule has 2 aromatic rings. The molecule has 0 aliphatic heterocycles. The predicted molar refractivity (Wildman–Crippen MR) is 68.7 cm³/mol. The van der Waals surface area contributed by atoms with Crippen LogP contribution in [0.1, 0.15) is 16.1 Å². The number of carbonyl (C=O) groups is 1. The van der Waals surface area contributed by atoms with E-state index in [1.54, 1.807) is 0 Å². The molecule has 2 rings (SSSR count). The van der Waals surface area contributed by atoms with Crippen LogP contribution in [-0.2, 0) is 23.6 Å². The van der Waals surface area contributed by atoms with Crippen LogP contribution in [0.2, 0.25) is 0 Å². The summed E-state index contributed by atoms with van der Waals surface area (Å²) < 4.78 is 74.1. The van der Waals surface area contributed by atoms with Gasteiger partial charge in [0.25, 0.3) is 0 Å². The maximum Gasteiger partial charge on any atom is 0.445 e. The third-order valence-electron chi connectivity index (χ3n) is 2.56. The van der Waals surface area contributed by atoms with Crippen LogP contribution in [0.25, 0.3) is 0 Å². The van der Waals surface area contributed by atoms with Crippen LogP contribution in [0.4, 0.5) is 31.5 Å². The van der Waals surface area contributed by atoms with E-state index >= 15 is 0 Å². The number of anilines is 1. The van der Waals surface area contributed by atoms with Crippen molar-refractivity contribution in [2.24, 2.45) is 0 Å². The highest BCUT2D eigenvalue weighted by atomic mass is 32.1. The highest BCUT2D eigenvalue weighted by Crippen LogP contribution is 2.33. The van der Waals surface area contributed by atoms with E-state index in [4.69, 9.17) is 0 Å². The van der Waals surface area contributed by atoms with Crippen molar-refractivity contribution < 1.29 is 31.1 Å². The van der Waals surface area contributed by atoms with Crippen molar-refractivity contribution >= 4 is 22.4 Å². The molecule has 1 aromatic carbocycles. The lowest BCUT2D eigenvalue weighted by Crippen LogP contribution is -2.14. The van der Waals surface area contributed by atoms with Gasteiger partial charge in [0, 0.05) is 0 Å². The van der Waals surface area contributed by atoms with Crippen LogP contribution >= 0.6 is 11.3 Å². The molecule has 1 aromatic heterocycles. The first kappa shape index (κ1) is 17.2. The van der Waals surface area contributed by atoms with Crippen LogP contribution in [0.15, 0.2) is 24.3 Å². The van der Waals surface area contributed by atoms with Gasteiger partial charge in [-0.05, 0) is 17.7 Å². The smallest absolute Gasteiger partial charge is 0.300 e. The van der Waals surface area contributed by atoms with Crippen LogP contribution in [0.3, 0.4) is 0 Å². The number of nitrogens with zero attached hydrogens (tertiary/aromatic N) is 2. The SMILES string of the molecule is O=C(Cc1ccc(C(F)(F)F)cc1)Nc1nnc(C(F)(F)F)s1. The molecule has 0 unspecified atom stereocenters. The average molecular weight is 355 g/mol. The Kier molecular flexibility index (Phi) is 4.59. The van der Waals surface area contributed by atoms with E-state index < -0.39 is 28.8 Å². The van der Waals surface area contributed by atoms with E-state index in [0.717, 1.165) is 24.3 Å². The maximum atomic E-state index is 12.4. The molecule has 0 fully saturated rings. The molecule has 23 heavy (non-hydrogen) atoms. The van der Waals surface area contributed by atoms with Crippen molar-refractivity contribution in [2.45, 2.75) is 18.8 Å². The van der Waals surface area contributed by atoms with Crippen molar-refractivity contribution in [3.8, 4) is 0 Å². The Hall–Kier alpha value is -2.17. The Bertz CT molecular complexity index is 692. The minimum atomic E-state index is -4.66.